The number of hydrogen-bond acceptors (Lipinski definition) is 4. The first-order valence-electron chi connectivity index (χ1n) is 6.65. The van der Waals surface area contributed by atoms with Crippen LogP contribution in [0.4, 0.5) is 0 Å². The molecule has 1 aliphatic heterocycles. The van der Waals surface area contributed by atoms with E-state index in [0.717, 1.165) is 19.4 Å². The summed E-state index contributed by atoms with van der Waals surface area (Å²) in [5, 5.41) is 11.8. The molecule has 0 amide bonds. The van der Waals surface area contributed by atoms with Gasteiger partial charge in [0, 0.05) is 19.0 Å². The molecule has 6 nitrogen and oxygen atoms in total. The van der Waals surface area contributed by atoms with E-state index in [1.165, 1.54) is 0 Å². The number of carboxylic acid groups (broad SMARTS) is 1. The molecule has 0 aromatic carbocycles. The van der Waals surface area contributed by atoms with E-state index in [9.17, 15) is 13.2 Å². The molecular weight excluding hydrogens is 268 g/mol. The summed E-state index contributed by atoms with van der Waals surface area (Å²) < 4.78 is 26.0. The lowest BCUT2D eigenvalue weighted by Gasteiger charge is -2.39. The van der Waals surface area contributed by atoms with E-state index in [2.05, 4.69) is 23.9 Å². The molecule has 1 heterocycles. The summed E-state index contributed by atoms with van der Waals surface area (Å²) in [6.07, 6.45) is 2.21. The topological polar surface area (TPSA) is 95.5 Å². The fourth-order valence-corrected chi connectivity index (χ4v) is 3.40. The number of sulfonamides is 1. The molecule has 0 aromatic heterocycles. The number of nitrogens with one attached hydrogen (secondary N) is 2. The van der Waals surface area contributed by atoms with Crippen LogP contribution < -0.4 is 10.0 Å². The van der Waals surface area contributed by atoms with E-state index < -0.39 is 16.0 Å². The second-order valence-electron chi connectivity index (χ2n) is 5.76. The largest absolute Gasteiger partial charge is 0.481 e. The predicted molar refractivity (Wildman–Crippen MR) is 73.5 cm³/mol. The highest BCUT2D eigenvalue weighted by Crippen LogP contribution is 2.29. The van der Waals surface area contributed by atoms with Crippen molar-refractivity contribution in [3.05, 3.63) is 0 Å². The minimum Gasteiger partial charge on any atom is -0.481 e. The molecule has 1 atom stereocenters. The van der Waals surface area contributed by atoms with E-state index in [4.69, 9.17) is 5.11 Å². The Morgan fingerprint density at radius 3 is 2.74 bits per heavy atom. The number of piperidine rings is 1. The van der Waals surface area contributed by atoms with Crippen LogP contribution in [0.1, 0.15) is 39.5 Å². The van der Waals surface area contributed by atoms with Crippen molar-refractivity contribution in [2.75, 3.05) is 18.8 Å². The van der Waals surface area contributed by atoms with Crippen molar-refractivity contribution >= 4 is 16.0 Å². The third-order valence-electron chi connectivity index (χ3n) is 3.64. The predicted octanol–water partition coefficient (Wildman–Crippen LogP) is 0.549. The summed E-state index contributed by atoms with van der Waals surface area (Å²) in [7, 11) is -3.38. The van der Waals surface area contributed by atoms with Crippen LogP contribution in [0.15, 0.2) is 0 Å². The fraction of sp³-hybridized carbons (Fsp3) is 0.917. The second-order valence-corrected chi connectivity index (χ2v) is 7.69. The maximum atomic E-state index is 11.7. The quantitative estimate of drug-likeness (QED) is 0.637. The zero-order valence-electron chi connectivity index (χ0n) is 11.6. The third kappa shape index (κ3) is 5.88. The van der Waals surface area contributed by atoms with Crippen molar-refractivity contribution in [2.24, 2.45) is 5.41 Å². The number of hydrogen-bond donors (Lipinski definition) is 3. The van der Waals surface area contributed by atoms with Crippen molar-refractivity contribution in [1.29, 1.82) is 0 Å². The Kier molecular flexibility index (Phi) is 5.76. The highest BCUT2D eigenvalue weighted by atomic mass is 32.2. The Hall–Kier alpha value is -0.660. The molecule has 19 heavy (non-hydrogen) atoms. The van der Waals surface area contributed by atoms with Gasteiger partial charge in [0.2, 0.25) is 10.0 Å². The van der Waals surface area contributed by atoms with Crippen molar-refractivity contribution in [3.8, 4) is 0 Å². The van der Waals surface area contributed by atoms with Crippen LogP contribution in [0, 0.1) is 5.41 Å². The van der Waals surface area contributed by atoms with Crippen LogP contribution in [0.5, 0.6) is 0 Å². The number of carbonyl (C=O) groups is 1. The zero-order chi connectivity index (χ0) is 14.5. The van der Waals surface area contributed by atoms with Gasteiger partial charge in [0.25, 0.3) is 0 Å². The van der Waals surface area contributed by atoms with Crippen LogP contribution in [0.25, 0.3) is 0 Å². The van der Waals surface area contributed by atoms with E-state index >= 15 is 0 Å². The molecule has 7 heteroatoms. The SMILES string of the molecule is CC1(C)CCCNC1CNS(=O)(=O)CCCC(=O)O. The summed E-state index contributed by atoms with van der Waals surface area (Å²) in [5.74, 6) is -1.10. The summed E-state index contributed by atoms with van der Waals surface area (Å²) in [5.41, 5.74) is 0.0713. The second kappa shape index (κ2) is 6.67. The molecule has 0 spiro atoms. The van der Waals surface area contributed by atoms with E-state index in [-0.39, 0.29) is 30.1 Å². The van der Waals surface area contributed by atoms with E-state index in [1.807, 2.05) is 0 Å². The minimum absolute atomic E-state index is 0.0713. The average Bonchev–Trinajstić information content (AvgIpc) is 2.26. The first-order chi connectivity index (χ1) is 8.73. The van der Waals surface area contributed by atoms with Gasteiger partial charge < -0.3 is 10.4 Å². The van der Waals surface area contributed by atoms with Crippen LogP contribution >= 0.6 is 0 Å². The summed E-state index contributed by atoms with van der Waals surface area (Å²) >= 11 is 0. The Morgan fingerprint density at radius 1 is 1.47 bits per heavy atom. The van der Waals surface area contributed by atoms with Gasteiger partial charge in [-0.15, -0.1) is 0 Å². The normalized spacial score (nSPS) is 23.2. The lowest BCUT2D eigenvalue weighted by molar-refractivity contribution is -0.137. The minimum atomic E-state index is -3.38. The molecule has 112 valence electrons. The Bertz CT molecular complexity index is 406. The van der Waals surface area contributed by atoms with Gasteiger partial charge in [0.1, 0.15) is 0 Å². The van der Waals surface area contributed by atoms with Crippen LogP contribution in [-0.4, -0.2) is 44.4 Å². The maximum absolute atomic E-state index is 11.7. The first kappa shape index (κ1) is 16.4. The van der Waals surface area contributed by atoms with Crippen molar-refractivity contribution in [3.63, 3.8) is 0 Å². The molecule has 0 saturated carbocycles. The Balaban J connectivity index is 2.39. The smallest absolute Gasteiger partial charge is 0.303 e. The monoisotopic (exact) mass is 292 g/mol. The Labute approximate surface area is 115 Å². The van der Waals surface area contributed by atoms with Gasteiger partial charge in [-0.2, -0.15) is 0 Å². The average molecular weight is 292 g/mol. The van der Waals surface area contributed by atoms with Crippen LogP contribution in [-0.2, 0) is 14.8 Å². The highest BCUT2D eigenvalue weighted by Gasteiger charge is 2.32. The molecule has 0 aliphatic carbocycles. The third-order valence-corrected chi connectivity index (χ3v) is 5.08. The molecule has 1 unspecified atom stereocenters. The zero-order valence-corrected chi connectivity index (χ0v) is 12.4. The van der Waals surface area contributed by atoms with Gasteiger partial charge in [-0.05, 0) is 31.2 Å². The van der Waals surface area contributed by atoms with Crippen molar-refractivity contribution in [1.82, 2.24) is 10.0 Å². The van der Waals surface area contributed by atoms with Gasteiger partial charge in [-0.3, -0.25) is 4.79 Å². The molecule has 1 aliphatic rings. The molecule has 3 N–H and O–H groups in total. The molecule has 0 radical (unpaired) electrons. The summed E-state index contributed by atoms with van der Waals surface area (Å²) in [6, 6.07) is 0.121. The molecule has 1 fully saturated rings. The maximum Gasteiger partial charge on any atom is 0.303 e. The van der Waals surface area contributed by atoms with Gasteiger partial charge in [0.05, 0.1) is 5.75 Å². The highest BCUT2D eigenvalue weighted by molar-refractivity contribution is 7.89. The van der Waals surface area contributed by atoms with Gasteiger partial charge in [-0.25, -0.2) is 13.1 Å². The molecule has 0 bridgehead atoms. The van der Waals surface area contributed by atoms with Crippen molar-refractivity contribution < 1.29 is 18.3 Å². The van der Waals surface area contributed by atoms with Crippen LogP contribution in [0.3, 0.4) is 0 Å². The summed E-state index contributed by atoms with van der Waals surface area (Å²) in [4.78, 5) is 10.4. The number of carboxylic acids is 1. The van der Waals surface area contributed by atoms with E-state index in [0.29, 0.717) is 6.54 Å². The molecular formula is C12H24N2O4S. The Morgan fingerprint density at radius 2 is 2.16 bits per heavy atom. The molecule has 1 saturated heterocycles. The lowest BCUT2D eigenvalue weighted by Crippen LogP contribution is -2.53. The van der Waals surface area contributed by atoms with E-state index in [1.54, 1.807) is 0 Å². The standard InChI is InChI=1S/C12H24N2O4S/c1-12(2)6-4-7-13-10(12)9-14-19(17,18)8-3-5-11(15)16/h10,13-14H,3-9H2,1-2H3,(H,15,16). The van der Waals surface area contributed by atoms with Crippen LogP contribution in [0.2, 0.25) is 0 Å². The fourth-order valence-electron chi connectivity index (χ4n) is 2.32. The number of rotatable bonds is 7. The van der Waals surface area contributed by atoms with Crippen molar-refractivity contribution in [2.45, 2.75) is 45.6 Å². The lowest BCUT2D eigenvalue weighted by atomic mass is 9.78. The first-order valence-corrected chi connectivity index (χ1v) is 8.31. The van der Waals surface area contributed by atoms with Gasteiger partial charge in [-0.1, -0.05) is 13.8 Å². The van der Waals surface area contributed by atoms with Gasteiger partial charge in [0.15, 0.2) is 0 Å². The molecule has 0 aromatic rings. The summed E-state index contributed by atoms with van der Waals surface area (Å²) in [6.45, 7) is 5.53. The number of aliphatic carboxylic acids is 1. The van der Waals surface area contributed by atoms with Gasteiger partial charge >= 0.3 is 5.97 Å². The molecule has 1 rings (SSSR count).